The van der Waals surface area contributed by atoms with Crippen LogP contribution in [0.3, 0.4) is 0 Å². The highest BCUT2D eigenvalue weighted by Gasteiger charge is 2.65. The van der Waals surface area contributed by atoms with Gasteiger partial charge in [-0.2, -0.15) is 0 Å². The molecule has 0 bridgehead atoms. The van der Waals surface area contributed by atoms with Gasteiger partial charge in [-0.15, -0.1) is 0 Å². The highest BCUT2D eigenvalue weighted by molar-refractivity contribution is 5.88. The highest BCUT2D eigenvalue weighted by Crippen LogP contribution is 2.46. The number of carbonyl (C=O) groups excluding carboxylic acids is 1. The van der Waals surface area contributed by atoms with Crippen molar-refractivity contribution in [2.75, 3.05) is 0 Å². The van der Waals surface area contributed by atoms with Crippen molar-refractivity contribution in [1.82, 2.24) is 4.90 Å². The first-order valence-electron chi connectivity index (χ1n) is 10.0. The molecule has 0 radical (unpaired) electrons. The van der Waals surface area contributed by atoms with Crippen LogP contribution in [0.5, 0.6) is 0 Å². The van der Waals surface area contributed by atoms with Gasteiger partial charge in [-0.25, -0.2) is 0 Å². The number of fused-ring (bicyclic) bond motifs is 3. The van der Waals surface area contributed by atoms with Crippen molar-refractivity contribution in [3.05, 3.63) is 35.9 Å². The molecule has 0 aliphatic carbocycles. The standard InChI is InChI=1S/C21H27NO7/c1-20(2)26-15-14(25-19-17(16(15)27-20)28-21(3,4)29-19)12-13(23)18(24)22(12)10-11-8-6-5-7-9-11/h5-9,12-17,19,23H,10H2,1-4H3/t12-,13-,14+,15-,16-,17+,19+/m0/s1. The Balaban J connectivity index is 1.43. The molecule has 7 atom stereocenters. The summed E-state index contributed by atoms with van der Waals surface area (Å²) in [4.78, 5) is 14.1. The van der Waals surface area contributed by atoms with E-state index in [0.717, 1.165) is 5.56 Å². The smallest absolute Gasteiger partial charge is 0.254 e. The van der Waals surface area contributed by atoms with E-state index in [1.54, 1.807) is 4.90 Å². The summed E-state index contributed by atoms with van der Waals surface area (Å²) in [6.07, 6.45) is -3.76. The average molecular weight is 405 g/mol. The van der Waals surface area contributed by atoms with Crippen LogP contribution in [0.2, 0.25) is 0 Å². The van der Waals surface area contributed by atoms with E-state index in [1.807, 2.05) is 58.0 Å². The zero-order valence-electron chi connectivity index (χ0n) is 17.0. The second-order valence-electron chi connectivity index (χ2n) is 9.02. The van der Waals surface area contributed by atoms with E-state index in [0.29, 0.717) is 6.54 Å². The Labute approximate surface area is 169 Å². The van der Waals surface area contributed by atoms with E-state index in [-0.39, 0.29) is 5.91 Å². The van der Waals surface area contributed by atoms with Gasteiger partial charge in [0.05, 0.1) is 6.04 Å². The third-order valence-corrected chi connectivity index (χ3v) is 5.94. The Morgan fingerprint density at radius 1 is 0.897 bits per heavy atom. The van der Waals surface area contributed by atoms with Gasteiger partial charge in [-0.3, -0.25) is 4.79 Å². The van der Waals surface area contributed by atoms with Crippen LogP contribution in [0.25, 0.3) is 0 Å². The topological polar surface area (TPSA) is 86.7 Å². The molecule has 0 aromatic heterocycles. The number of ether oxygens (including phenoxy) is 5. The summed E-state index contributed by atoms with van der Waals surface area (Å²) in [6.45, 7) is 7.71. The zero-order valence-corrected chi connectivity index (χ0v) is 17.0. The van der Waals surface area contributed by atoms with Crippen molar-refractivity contribution in [3.8, 4) is 0 Å². The fourth-order valence-corrected chi connectivity index (χ4v) is 4.79. The Morgan fingerprint density at radius 2 is 1.48 bits per heavy atom. The summed E-state index contributed by atoms with van der Waals surface area (Å²) >= 11 is 0. The average Bonchev–Trinajstić information content (AvgIpc) is 3.16. The van der Waals surface area contributed by atoms with E-state index in [1.165, 1.54) is 0 Å². The maximum absolute atomic E-state index is 12.5. The molecule has 0 unspecified atom stereocenters. The minimum absolute atomic E-state index is 0.316. The number of hydrogen-bond donors (Lipinski definition) is 1. The van der Waals surface area contributed by atoms with Gasteiger partial charge in [0, 0.05) is 6.54 Å². The molecule has 1 amide bonds. The van der Waals surface area contributed by atoms with E-state index in [9.17, 15) is 9.90 Å². The van der Waals surface area contributed by atoms with Gasteiger partial charge < -0.3 is 33.7 Å². The molecule has 29 heavy (non-hydrogen) atoms. The van der Waals surface area contributed by atoms with Gasteiger partial charge in [0.1, 0.15) is 24.4 Å². The summed E-state index contributed by atoms with van der Waals surface area (Å²) in [5, 5.41) is 10.5. The largest absolute Gasteiger partial charge is 0.381 e. The monoisotopic (exact) mass is 405 g/mol. The van der Waals surface area contributed by atoms with Crippen LogP contribution in [0.15, 0.2) is 30.3 Å². The molecule has 1 aromatic carbocycles. The molecule has 1 aromatic rings. The van der Waals surface area contributed by atoms with Crippen LogP contribution in [-0.2, 0) is 35.0 Å². The van der Waals surface area contributed by atoms with Crippen LogP contribution in [0, 0.1) is 0 Å². The summed E-state index contributed by atoms with van der Waals surface area (Å²) in [7, 11) is 0. The molecule has 4 heterocycles. The van der Waals surface area contributed by atoms with Crippen molar-refractivity contribution in [2.45, 2.75) is 88.7 Å². The molecule has 5 rings (SSSR count). The fraction of sp³-hybridized carbons (Fsp3) is 0.667. The second kappa shape index (κ2) is 6.47. The number of likely N-dealkylation sites (tertiary alicyclic amines) is 1. The number of rotatable bonds is 3. The van der Waals surface area contributed by atoms with E-state index in [2.05, 4.69) is 0 Å². The van der Waals surface area contributed by atoms with Crippen molar-refractivity contribution in [1.29, 1.82) is 0 Å². The molecule has 0 saturated carbocycles. The normalized spacial score (nSPS) is 42.3. The van der Waals surface area contributed by atoms with Crippen molar-refractivity contribution < 1.29 is 33.6 Å². The van der Waals surface area contributed by atoms with Gasteiger partial charge in [0.15, 0.2) is 24.0 Å². The predicted octanol–water partition coefficient (Wildman–Crippen LogP) is 1.15. The Morgan fingerprint density at radius 3 is 2.17 bits per heavy atom. The first-order chi connectivity index (χ1) is 13.7. The maximum Gasteiger partial charge on any atom is 0.254 e. The van der Waals surface area contributed by atoms with Crippen molar-refractivity contribution in [2.24, 2.45) is 0 Å². The third kappa shape index (κ3) is 3.19. The lowest BCUT2D eigenvalue weighted by molar-refractivity contribution is -0.263. The van der Waals surface area contributed by atoms with Crippen molar-refractivity contribution in [3.63, 3.8) is 0 Å². The summed E-state index contributed by atoms with van der Waals surface area (Å²) in [6, 6.07) is 9.11. The number of aliphatic hydroxyl groups excluding tert-OH is 1. The number of nitrogens with zero attached hydrogens (tertiary/aromatic N) is 1. The molecule has 4 aliphatic heterocycles. The SMILES string of the molecule is CC1(C)O[C@@H]2[C@H](O1)[C@H]1OC(C)(C)O[C@H]1O[C@@H]2[C@@H]1[C@H](O)C(=O)N1Cc1ccccc1. The van der Waals surface area contributed by atoms with Crippen LogP contribution in [-0.4, -0.2) is 70.3 Å². The second-order valence-corrected chi connectivity index (χ2v) is 9.02. The van der Waals surface area contributed by atoms with Crippen LogP contribution < -0.4 is 0 Å². The lowest BCUT2D eigenvalue weighted by atomic mass is 9.84. The molecule has 0 spiro atoms. The molecule has 4 fully saturated rings. The lowest BCUT2D eigenvalue weighted by Crippen LogP contribution is -2.73. The number of carbonyl (C=O) groups is 1. The van der Waals surface area contributed by atoms with E-state index >= 15 is 0 Å². The first-order valence-corrected chi connectivity index (χ1v) is 10.0. The van der Waals surface area contributed by atoms with Gasteiger partial charge in [0.25, 0.3) is 5.91 Å². The number of β-lactam (4-membered cyclic amide) rings is 1. The van der Waals surface area contributed by atoms with Crippen LogP contribution >= 0.6 is 0 Å². The molecular weight excluding hydrogens is 378 g/mol. The summed E-state index contributed by atoms with van der Waals surface area (Å²) in [5.74, 6) is -1.96. The molecule has 4 saturated heterocycles. The van der Waals surface area contributed by atoms with Gasteiger partial charge in [-0.05, 0) is 33.3 Å². The Hall–Kier alpha value is -1.55. The number of benzene rings is 1. The summed E-state index contributed by atoms with van der Waals surface area (Å²) < 4.78 is 30.5. The molecule has 4 aliphatic rings. The van der Waals surface area contributed by atoms with Crippen LogP contribution in [0.4, 0.5) is 0 Å². The molecule has 8 nitrogen and oxygen atoms in total. The molecule has 158 valence electrons. The first kappa shape index (κ1) is 19.4. The number of aliphatic hydroxyl groups is 1. The molecule has 1 N–H and O–H groups in total. The van der Waals surface area contributed by atoms with Crippen molar-refractivity contribution >= 4 is 5.91 Å². The van der Waals surface area contributed by atoms with Gasteiger partial charge in [0.2, 0.25) is 0 Å². The minimum Gasteiger partial charge on any atom is -0.381 e. The van der Waals surface area contributed by atoms with Gasteiger partial charge in [-0.1, -0.05) is 30.3 Å². The fourth-order valence-electron chi connectivity index (χ4n) is 4.79. The predicted molar refractivity (Wildman–Crippen MR) is 99.3 cm³/mol. The van der Waals surface area contributed by atoms with E-state index in [4.69, 9.17) is 23.7 Å². The Bertz CT molecular complexity index is 797. The number of hydrogen-bond acceptors (Lipinski definition) is 7. The van der Waals surface area contributed by atoms with Gasteiger partial charge >= 0.3 is 0 Å². The summed E-state index contributed by atoms with van der Waals surface area (Å²) in [5.41, 5.74) is 0.980. The van der Waals surface area contributed by atoms with Crippen LogP contribution in [0.1, 0.15) is 33.3 Å². The quantitative estimate of drug-likeness (QED) is 0.755. The highest BCUT2D eigenvalue weighted by atomic mass is 16.9. The zero-order chi connectivity index (χ0) is 20.6. The lowest BCUT2D eigenvalue weighted by Gasteiger charge is -2.51. The minimum atomic E-state index is -1.15. The third-order valence-electron chi connectivity index (χ3n) is 5.94. The Kier molecular flexibility index (Phi) is 4.33. The van der Waals surface area contributed by atoms with E-state index < -0.39 is 54.4 Å². The maximum atomic E-state index is 12.5. The molecular formula is C21H27NO7. The number of amides is 1. The molecule has 8 heteroatoms.